The van der Waals surface area contributed by atoms with Crippen molar-refractivity contribution < 1.29 is 14.3 Å². The number of nitrogens with zero attached hydrogens (tertiary/aromatic N) is 3. The first-order valence-corrected chi connectivity index (χ1v) is 11.1. The van der Waals surface area contributed by atoms with Gasteiger partial charge in [0.1, 0.15) is 11.4 Å². The van der Waals surface area contributed by atoms with Gasteiger partial charge in [-0.1, -0.05) is 48.5 Å². The Morgan fingerprint density at radius 2 is 1.74 bits per heavy atom. The van der Waals surface area contributed by atoms with E-state index in [4.69, 9.17) is 4.74 Å². The number of ether oxygens (including phenoxy) is 1. The third-order valence-electron chi connectivity index (χ3n) is 5.53. The number of aromatic nitrogens is 1. The van der Waals surface area contributed by atoms with E-state index in [0.717, 1.165) is 11.3 Å². The zero-order valence-corrected chi connectivity index (χ0v) is 19.4. The van der Waals surface area contributed by atoms with Gasteiger partial charge in [-0.3, -0.25) is 20.0 Å². The van der Waals surface area contributed by atoms with E-state index in [0.29, 0.717) is 23.7 Å². The molecule has 0 aliphatic carbocycles. The number of carbonyl (C=O) groups is 2. The average molecular weight is 455 g/mol. The number of nitrogens with one attached hydrogen (secondary N) is 1. The molecule has 7 nitrogen and oxygen atoms in total. The number of amidine groups is 1. The summed E-state index contributed by atoms with van der Waals surface area (Å²) in [6.45, 7) is 6.10. The molecule has 2 heterocycles. The quantitative estimate of drug-likeness (QED) is 0.545. The van der Waals surface area contributed by atoms with Gasteiger partial charge in [-0.15, -0.1) is 0 Å². The van der Waals surface area contributed by atoms with E-state index in [1.165, 1.54) is 5.01 Å². The van der Waals surface area contributed by atoms with Gasteiger partial charge in [-0.2, -0.15) is 5.01 Å². The van der Waals surface area contributed by atoms with Gasteiger partial charge >= 0.3 is 0 Å². The summed E-state index contributed by atoms with van der Waals surface area (Å²) in [4.78, 5) is 35.5. The molecular formula is C27H26N4O3. The van der Waals surface area contributed by atoms with E-state index in [-0.39, 0.29) is 11.6 Å². The van der Waals surface area contributed by atoms with Crippen molar-refractivity contribution in [2.75, 3.05) is 6.61 Å². The SMILES string of the molecule is CCOc1ccc(C(C)(C)C(=O)NN2C(=O)/C(=C/c3ccccn3)N=C2c2ccccc2)cc1. The summed E-state index contributed by atoms with van der Waals surface area (Å²) in [5.41, 5.74) is 4.17. The smallest absolute Gasteiger partial charge is 0.297 e. The normalized spacial score (nSPS) is 14.8. The van der Waals surface area contributed by atoms with E-state index >= 15 is 0 Å². The van der Waals surface area contributed by atoms with Crippen molar-refractivity contribution in [2.24, 2.45) is 4.99 Å². The van der Waals surface area contributed by atoms with Gasteiger partial charge < -0.3 is 4.74 Å². The van der Waals surface area contributed by atoms with Crippen LogP contribution < -0.4 is 10.2 Å². The minimum Gasteiger partial charge on any atom is -0.494 e. The highest BCUT2D eigenvalue weighted by Gasteiger charge is 2.37. The van der Waals surface area contributed by atoms with Crippen LogP contribution in [0.4, 0.5) is 0 Å². The van der Waals surface area contributed by atoms with E-state index in [1.807, 2.05) is 81.4 Å². The first-order chi connectivity index (χ1) is 16.4. The average Bonchev–Trinajstić information content (AvgIpc) is 3.15. The Hall–Kier alpha value is -4.26. The topological polar surface area (TPSA) is 83.9 Å². The molecule has 34 heavy (non-hydrogen) atoms. The van der Waals surface area contributed by atoms with Crippen LogP contribution in [0.15, 0.2) is 89.7 Å². The summed E-state index contributed by atoms with van der Waals surface area (Å²) < 4.78 is 5.50. The van der Waals surface area contributed by atoms with Gasteiger partial charge in [0.25, 0.3) is 5.91 Å². The number of hydrazine groups is 1. The molecule has 0 bridgehead atoms. The summed E-state index contributed by atoms with van der Waals surface area (Å²) in [7, 11) is 0. The standard InChI is InChI=1S/C27H26N4O3/c1-4-34-22-15-13-20(14-16-22)27(2,3)26(33)30-31-24(19-10-6-5-7-11-19)29-23(25(31)32)18-21-12-8-9-17-28-21/h5-18H,4H2,1-3H3,(H,30,33)/b23-18-. The Morgan fingerprint density at radius 1 is 1.03 bits per heavy atom. The Labute approximate surface area is 198 Å². The van der Waals surface area contributed by atoms with Gasteiger partial charge in [0.15, 0.2) is 5.84 Å². The monoisotopic (exact) mass is 454 g/mol. The Balaban J connectivity index is 1.63. The number of amides is 2. The molecule has 172 valence electrons. The highest BCUT2D eigenvalue weighted by Crippen LogP contribution is 2.27. The molecule has 4 rings (SSSR count). The summed E-state index contributed by atoms with van der Waals surface area (Å²) in [5, 5.41) is 1.21. The molecule has 2 aromatic carbocycles. The number of carbonyl (C=O) groups excluding carboxylic acids is 2. The lowest BCUT2D eigenvalue weighted by molar-refractivity contribution is -0.136. The third kappa shape index (κ3) is 4.73. The summed E-state index contributed by atoms with van der Waals surface area (Å²) in [6.07, 6.45) is 3.25. The Kier molecular flexibility index (Phi) is 6.54. The van der Waals surface area contributed by atoms with Crippen molar-refractivity contribution >= 4 is 23.7 Å². The molecule has 0 saturated heterocycles. The lowest BCUT2D eigenvalue weighted by Gasteiger charge is -2.28. The second-order valence-electron chi connectivity index (χ2n) is 8.25. The first kappa shape index (κ1) is 22.9. The summed E-state index contributed by atoms with van der Waals surface area (Å²) in [5.74, 6) is 0.316. The van der Waals surface area contributed by atoms with Crippen LogP contribution in [0.2, 0.25) is 0 Å². The molecule has 0 unspecified atom stereocenters. The number of aliphatic imine (C=N–C) groups is 1. The number of pyridine rings is 1. The van der Waals surface area contributed by atoms with E-state index in [9.17, 15) is 9.59 Å². The maximum absolute atomic E-state index is 13.4. The second-order valence-corrected chi connectivity index (χ2v) is 8.25. The van der Waals surface area contributed by atoms with Crippen LogP contribution in [0, 0.1) is 0 Å². The van der Waals surface area contributed by atoms with Crippen LogP contribution in [0.1, 0.15) is 37.6 Å². The summed E-state index contributed by atoms with van der Waals surface area (Å²) in [6, 6.07) is 22.1. The molecule has 0 radical (unpaired) electrons. The van der Waals surface area contributed by atoms with Crippen LogP contribution >= 0.6 is 0 Å². The van der Waals surface area contributed by atoms with Crippen LogP contribution in [0.3, 0.4) is 0 Å². The first-order valence-electron chi connectivity index (χ1n) is 11.1. The molecule has 0 fully saturated rings. The molecule has 2 amide bonds. The molecule has 0 saturated carbocycles. The second kappa shape index (κ2) is 9.70. The fourth-order valence-corrected chi connectivity index (χ4v) is 3.51. The molecule has 1 aliphatic rings. The highest BCUT2D eigenvalue weighted by molar-refractivity contribution is 6.20. The molecule has 1 aromatic heterocycles. The van der Waals surface area contributed by atoms with Gasteiger partial charge in [-0.25, -0.2) is 4.99 Å². The van der Waals surface area contributed by atoms with Crippen LogP contribution in [0.25, 0.3) is 6.08 Å². The zero-order chi connectivity index (χ0) is 24.1. The van der Waals surface area contributed by atoms with Crippen LogP contribution in [-0.2, 0) is 15.0 Å². The predicted octanol–water partition coefficient (Wildman–Crippen LogP) is 4.12. The van der Waals surface area contributed by atoms with Crippen molar-refractivity contribution in [1.82, 2.24) is 15.4 Å². The van der Waals surface area contributed by atoms with Crippen molar-refractivity contribution in [3.05, 3.63) is 102 Å². The van der Waals surface area contributed by atoms with Crippen molar-refractivity contribution in [2.45, 2.75) is 26.2 Å². The molecule has 0 spiro atoms. The van der Waals surface area contributed by atoms with Crippen molar-refractivity contribution in [1.29, 1.82) is 0 Å². The van der Waals surface area contributed by atoms with Gasteiger partial charge in [0.05, 0.1) is 17.7 Å². The number of hydrogen-bond acceptors (Lipinski definition) is 5. The van der Waals surface area contributed by atoms with Crippen molar-refractivity contribution in [3.63, 3.8) is 0 Å². The van der Waals surface area contributed by atoms with Crippen molar-refractivity contribution in [3.8, 4) is 5.75 Å². The summed E-state index contributed by atoms with van der Waals surface area (Å²) >= 11 is 0. The van der Waals surface area contributed by atoms with Crippen LogP contribution in [0.5, 0.6) is 5.75 Å². The molecule has 0 atom stereocenters. The maximum atomic E-state index is 13.4. The van der Waals surface area contributed by atoms with E-state index in [1.54, 1.807) is 24.4 Å². The fourth-order valence-electron chi connectivity index (χ4n) is 3.51. The predicted molar refractivity (Wildman–Crippen MR) is 131 cm³/mol. The van der Waals surface area contributed by atoms with Gasteiger partial charge in [-0.05, 0) is 56.7 Å². The van der Waals surface area contributed by atoms with Crippen LogP contribution in [-0.4, -0.2) is 34.2 Å². The van der Waals surface area contributed by atoms with Gasteiger partial charge in [0.2, 0.25) is 5.91 Å². The lowest BCUT2D eigenvalue weighted by atomic mass is 9.84. The van der Waals surface area contributed by atoms with E-state index < -0.39 is 11.3 Å². The highest BCUT2D eigenvalue weighted by atomic mass is 16.5. The Bertz CT molecular complexity index is 1230. The molecule has 3 aromatic rings. The lowest BCUT2D eigenvalue weighted by Crippen LogP contribution is -2.52. The minimum atomic E-state index is -0.916. The number of hydrogen-bond donors (Lipinski definition) is 1. The minimum absolute atomic E-state index is 0.191. The third-order valence-corrected chi connectivity index (χ3v) is 5.53. The maximum Gasteiger partial charge on any atom is 0.297 e. The number of benzene rings is 2. The Morgan fingerprint density at radius 3 is 2.38 bits per heavy atom. The molecule has 1 N–H and O–H groups in total. The zero-order valence-electron chi connectivity index (χ0n) is 19.4. The van der Waals surface area contributed by atoms with Gasteiger partial charge in [0, 0.05) is 11.8 Å². The molecule has 1 aliphatic heterocycles. The largest absolute Gasteiger partial charge is 0.494 e. The number of rotatable bonds is 7. The fraction of sp³-hybridized carbons (Fsp3) is 0.185. The molecule has 7 heteroatoms. The van der Waals surface area contributed by atoms with E-state index in [2.05, 4.69) is 15.4 Å². The molecular weight excluding hydrogens is 428 g/mol.